The summed E-state index contributed by atoms with van der Waals surface area (Å²) in [6.07, 6.45) is 3.89. The van der Waals surface area contributed by atoms with Gasteiger partial charge in [0.25, 0.3) is 0 Å². The van der Waals surface area contributed by atoms with Gasteiger partial charge in [0.15, 0.2) is 15.7 Å². The summed E-state index contributed by atoms with van der Waals surface area (Å²) in [5.41, 5.74) is 7.22. The number of nitrogens with zero attached hydrogens (tertiary/aromatic N) is 4. The number of pyridine rings is 2. The summed E-state index contributed by atoms with van der Waals surface area (Å²) in [6, 6.07) is 9.07. The molecular formula is C27H20ClF3N8O2S. The molecule has 1 fully saturated rings. The van der Waals surface area contributed by atoms with Crippen molar-refractivity contribution in [2.24, 2.45) is 0 Å². The lowest BCUT2D eigenvalue weighted by Crippen LogP contribution is -2.55. The molecule has 0 bridgehead atoms. The monoisotopic (exact) mass is 613 g/mol. The Morgan fingerprint density at radius 1 is 1.12 bits per heavy atom. The molecule has 4 heterocycles. The maximum Gasteiger partial charge on any atom is 0.249 e. The van der Waals surface area contributed by atoms with Crippen LogP contribution in [-0.2, 0) is 9.84 Å². The van der Waals surface area contributed by atoms with Crippen LogP contribution in [0.5, 0.6) is 0 Å². The molecule has 15 heteroatoms. The molecule has 1 atom stereocenters. The van der Waals surface area contributed by atoms with Gasteiger partial charge in [-0.2, -0.15) is 9.65 Å². The molecule has 4 aromatic rings. The van der Waals surface area contributed by atoms with Crippen LogP contribution in [0, 0.1) is 28.9 Å². The first-order valence-electron chi connectivity index (χ1n) is 12.8. The first-order chi connectivity index (χ1) is 20.5. The van der Waals surface area contributed by atoms with Crippen LogP contribution in [0.2, 0.25) is 5.02 Å². The first kappa shape index (κ1) is 26.3. The highest BCUT2D eigenvalue weighted by Crippen LogP contribution is 2.37. The predicted octanol–water partition coefficient (Wildman–Crippen LogP) is 4.43. The van der Waals surface area contributed by atoms with E-state index in [0.717, 1.165) is 12.3 Å². The number of aromatic nitrogens is 2. The SMILES string of the molecule is [2H]C(Nc1cc(Cl)c2ncc(C#N)c(Nc3cnc(F)c(F)c3)c2c1)(C1=CN(C2CS(=O)(=O)C2)NN1)c1ccc(F)cc1. The summed E-state index contributed by atoms with van der Waals surface area (Å²) in [5, 5.41) is 17.8. The van der Waals surface area contributed by atoms with Gasteiger partial charge in [0.1, 0.15) is 11.9 Å². The molecule has 0 spiro atoms. The fraction of sp³-hybridized carbons (Fsp3) is 0.148. The van der Waals surface area contributed by atoms with E-state index in [1.165, 1.54) is 36.5 Å². The first-order valence-corrected chi connectivity index (χ1v) is 14.5. The van der Waals surface area contributed by atoms with Gasteiger partial charge in [0, 0.05) is 29.5 Å². The van der Waals surface area contributed by atoms with Crippen molar-refractivity contribution < 1.29 is 23.0 Å². The molecule has 1 saturated heterocycles. The minimum atomic E-state index is -3.12. The van der Waals surface area contributed by atoms with Gasteiger partial charge in [0.05, 0.1) is 64.3 Å². The van der Waals surface area contributed by atoms with Crippen LogP contribution in [-0.4, -0.2) is 40.9 Å². The van der Waals surface area contributed by atoms with Gasteiger partial charge in [-0.25, -0.2) is 22.2 Å². The largest absolute Gasteiger partial charge is 0.373 e. The van der Waals surface area contributed by atoms with Gasteiger partial charge in [-0.1, -0.05) is 23.7 Å². The smallest absolute Gasteiger partial charge is 0.249 e. The van der Waals surface area contributed by atoms with Gasteiger partial charge < -0.3 is 16.1 Å². The van der Waals surface area contributed by atoms with E-state index in [2.05, 4.69) is 31.6 Å². The number of benzene rings is 2. The Morgan fingerprint density at radius 3 is 2.57 bits per heavy atom. The standard InChI is InChI=1S/C27H20ClF3N8O2S/c28-21-6-17(5-20-24(15(8-32)9-33-26(20)21)36-18-7-22(30)27(31)34-10-18)35-25(14-1-3-16(29)4-2-14)23-11-39(38-37-23)19-12-42(40,41)13-19/h1-7,9-11,19,25,35,37-38H,12-13H2,(H,33,36)/i25D. The molecule has 10 nitrogen and oxygen atoms in total. The Balaban J connectivity index is 1.43. The lowest BCUT2D eigenvalue weighted by molar-refractivity contribution is 0.212. The summed E-state index contributed by atoms with van der Waals surface area (Å²) in [5.74, 6) is -3.10. The zero-order chi connectivity index (χ0) is 30.5. The van der Waals surface area contributed by atoms with Crippen molar-refractivity contribution in [2.45, 2.75) is 12.1 Å². The van der Waals surface area contributed by atoms with Crippen LogP contribution >= 0.6 is 11.6 Å². The summed E-state index contributed by atoms with van der Waals surface area (Å²) < 4.78 is 74.1. The lowest BCUT2D eigenvalue weighted by atomic mass is 10.0. The number of sulfone groups is 1. The van der Waals surface area contributed by atoms with Crippen molar-refractivity contribution in [1.82, 2.24) is 25.9 Å². The van der Waals surface area contributed by atoms with Crippen molar-refractivity contribution >= 4 is 49.4 Å². The average Bonchev–Trinajstić information content (AvgIpc) is 3.45. The van der Waals surface area contributed by atoms with Crippen molar-refractivity contribution in [3.05, 3.63) is 100 Å². The minimum absolute atomic E-state index is 0.0573. The second kappa shape index (κ2) is 10.7. The van der Waals surface area contributed by atoms with Crippen molar-refractivity contribution in [2.75, 3.05) is 22.1 Å². The molecule has 6 rings (SSSR count). The van der Waals surface area contributed by atoms with Crippen molar-refractivity contribution in [3.8, 4) is 6.07 Å². The highest BCUT2D eigenvalue weighted by atomic mass is 35.5. The van der Waals surface area contributed by atoms with Gasteiger partial charge >= 0.3 is 0 Å². The van der Waals surface area contributed by atoms with E-state index in [0.29, 0.717) is 10.9 Å². The van der Waals surface area contributed by atoms with Crippen molar-refractivity contribution in [3.63, 3.8) is 0 Å². The van der Waals surface area contributed by atoms with E-state index < -0.39 is 33.4 Å². The summed E-state index contributed by atoms with van der Waals surface area (Å²) in [4.78, 5) is 7.64. The third kappa shape index (κ3) is 5.37. The molecule has 2 aliphatic rings. The van der Waals surface area contributed by atoms with Gasteiger partial charge in [-0.05, 0) is 29.8 Å². The molecule has 0 saturated carbocycles. The van der Waals surface area contributed by atoms with E-state index in [1.807, 2.05) is 6.07 Å². The molecular weight excluding hydrogens is 593 g/mol. The number of nitriles is 1. The topological polar surface area (TPSA) is 135 Å². The number of fused-ring (bicyclic) bond motifs is 1. The highest BCUT2D eigenvalue weighted by molar-refractivity contribution is 7.92. The fourth-order valence-corrected chi connectivity index (χ4v) is 6.26. The lowest BCUT2D eigenvalue weighted by Gasteiger charge is -2.33. The molecule has 1 unspecified atom stereocenters. The number of hydrogen-bond acceptors (Lipinski definition) is 10. The Labute approximate surface area is 244 Å². The molecule has 2 aliphatic heterocycles. The number of anilines is 3. The second-order valence-corrected chi connectivity index (χ2v) is 12.1. The van der Waals surface area contributed by atoms with E-state index in [-0.39, 0.29) is 56.4 Å². The van der Waals surface area contributed by atoms with E-state index >= 15 is 0 Å². The van der Waals surface area contributed by atoms with Crippen molar-refractivity contribution in [1.29, 1.82) is 5.26 Å². The van der Waals surface area contributed by atoms with Crippen LogP contribution in [0.4, 0.5) is 30.2 Å². The molecule has 214 valence electrons. The van der Waals surface area contributed by atoms with Crippen LogP contribution in [0.1, 0.15) is 18.5 Å². The fourth-order valence-electron chi connectivity index (χ4n) is 4.59. The number of rotatable bonds is 7. The van der Waals surface area contributed by atoms with Crippen LogP contribution in [0.3, 0.4) is 0 Å². The van der Waals surface area contributed by atoms with E-state index in [4.69, 9.17) is 11.6 Å². The Bertz CT molecular complexity index is 1950. The minimum Gasteiger partial charge on any atom is -0.373 e. The Morgan fingerprint density at radius 2 is 1.88 bits per heavy atom. The zero-order valence-electron chi connectivity index (χ0n) is 22.3. The maximum absolute atomic E-state index is 13.9. The number of halogens is 4. The number of hydrazine groups is 2. The average molecular weight is 614 g/mol. The number of nitrogens with one attached hydrogen (secondary N) is 4. The second-order valence-electron chi connectivity index (χ2n) is 9.56. The normalized spacial score (nSPS) is 17.8. The van der Waals surface area contributed by atoms with Crippen LogP contribution < -0.4 is 21.6 Å². The zero-order valence-corrected chi connectivity index (χ0v) is 22.9. The van der Waals surface area contributed by atoms with Gasteiger partial charge in [-0.3, -0.25) is 9.99 Å². The number of hydrogen-bond donors (Lipinski definition) is 4. The Kier molecular flexibility index (Phi) is 6.69. The van der Waals surface area contributed by atoms with E-state index in [1.54, 1.807) is 17.3 Å². The summed E-state index contributed by atoms with van der Waals surface area (Å²) >= 11 is 6.60. The van der Waals surface area contributed by atoms with E-state index in [9.17, 15) is 28.2 Å². The third-order valence-corrected chi connectivity index (χ3v) is 8.73. The molecule has 42 heavy (non-hydrogen) atoms. The van der Waals surface area contributed by atoms with Gasteiger partial charge in [0.2, 0.25) is 5.95 Å². The van der Waals surface area contributed by atoms with Gasteiger partial charge in [-0.15, -0.1) is 5.53 Å². The molecule has 0 radical (unpaired) electrons. The Hall–Kier alpha value is -4.58. The predicted molar refractivity (Wildman–Crippen MR) is 150 cm³/mol. The molecule has 0 aliphatic carbocycles. The molecule has 2 aromatic carbocycles. The maximum atomic E-state index is 13.9. The van der Waals surface area contributed by atoms with Crippen LogP contribution in [0.25, 0.3) is 10.9 Å². The summed E-state index contributed by atoms with van der Waals surface area (Å²) in [6.45, 7) is 0. The third-order valence-electron chi connectivity index (χ3n) is 6.66. The molecule has 0 amide bonds. The molecule has 2 aromatic heterocycles. The van der Waals surface area contributed by atoms with Crippen LogP contribution in [0.15, 0.2) is 66.8 Å². The quantitative estimate of drug-likeness (QED) is 0.222. The molecule has 4 N–H and O–H groups in total. The highest BCUT2D eigenvalue weighted by Gasteiger charge is 2.39. The summed E-state index contributed by atoms with van der Waals surface area (Å²) in [7, 11) is -3.12.